The van der Waals surface area contributed by atoms with Gasteiger partial charge in [-0.1, -0.05) is 15.9 Å². The molecule has 0 unspecified atom stereocenters. The van der Waals surface area contributed by atoms with E-state index >= 15 is 0 Å². The van der Waals surface area contributed by atoms with Crippen LogP contribution in [0.25, 0.3) is 0 Å². The molecule has 0 N–H and O–H groups in total. The minimum atomic E-state index is -0.409. The molecule has 0 amide bonds. The monoisotopic (exact) mass is 327 g/mol. The van der Waals surface area contributed by atoms with Crippen LogP contribution in [0.15, 0.2) is 22.7 Å². The van der Waals surface area contributed by atoms with Crippen LogP contribution in [0.1, 0.15) is 31.2 Å². The summed E-state index contributed by atoms with van der Waals surface area (Å²) in [5.41, 5.74) is 0.617. The molecule has 0 bridgehead atoms. The number of nitro groups is 1. The Kier molecular flexibility index (Phi) is 4.66. The molecule has 5 nitrogen and oxygen atoms in total. The topological polar surface area (TPSA) is 69.4 Å². The van der Waals surface area contributed by atoms with Crippen molar-refractivity contribution in [1.82, 2.24) is 0 Å². The largest absolute Gasteiger partial charge is 0.373 e. The van der Waals surface area contributed by atoms with Crippen LogP contribution in [-0.4, -0.2) is 16.8 Å². The maximum absolute atomic E-state index is 11.1. The lowest BCUT2D eigenvalue weighted by atomic mass is 9.96. The third kappa shape index (κ3) is 3.84. The zero-order chi connectivity index (χ0) is 13.8. The second-order valence-corrected chi connectivity index (χ2v) is 5.49. The standard InChI is InChI=1S/C13H14BrNO4/c14-10-2-1-9(13(7-10)15(17)18)8-19-12-5-3-11(16)4-6-12/h1-2,7,12H,3-6,8H2. The molecule has 0 aromatic heterocycles. The number of ether oxygens (including phenoxy) is 1. The summed E-state index contributed by atoms with van der Waals surface area (Å²) < 4.78 is 6.35. The predicted molar refractivity (Wildman–Crippen MR) is 72.8 cm³/mol. The van der Waals surface area contributed by atoms with Crippen molar-refractivity contribution in [3.8, 4) is 0 Å². The maximum atomic E-state index is 11.1. The van der Waals surface area contributed by atoms with Gasteiger partial charge in [0.05, 0.1) is 23.2 Å². The molecule has 0 atom stereocenters. The first kappa shape index (κ1) is 14.1. The third-order valence-electron chi connectivity index (χ3n) is 3.21. The van der Waals surface area contributed by atoms with Gasteiger partial charge in [-0.15, -0.1) is 0 Å². The Balaban J connectivity index is 1.99. The number of hydrogen-bond acceptors (Lipinski definition) is 4. The molecular formula is C13H14BrNO4. The van der Waals surface area contributed by atoms with Crippen molar-refractivity contribution >= 4 is 27.4 Å². The van der Waals surface area contributed by atoms with Crippen LogP contribution in [0, 0.1) is 10.1 Å². The summed E-state index contributed by atoms with van der Waals surface area (Å²) in [5.74, 6) is 0.273. The molecule has 102 valence electrons. The fraction of sp³-hybridized carbons (Fsp3) is 0.462. The van der Waals surface area contributed by atoms with Gasteiger partial charge in [-0.3, -0.25) is 14.9 Å². The number of Topliss-reactive ketones (excluding diaryl/α,β-unsaturated/α-hetero) is 1. The van der Waals surface area contributed by atoms with Crippen molar-refractivity contribution in [1.29, 1.82) is 0 Å². The Labute approximate surface area is 119 Å². The molecule has 0 saturated heterocycles. The number of rotatable bonds is 4. The summed E-state index contributed by atoms with van der Waals surface area (Å²) in [7, 11) is 0. The number of nitro benzene ring substituents is 1. The highest BCUT2D eigenvalue weighted by atomic mass is 79.9. The molecule has 0 aliphatic heterocycles. The zero-order valence-electron chi connectivity index (χ0n) is 10.3. The SMILES string of the molecule is O=C1CCC(OCc2ccc(Br)cc2[N+](=O)[O-])CC1. The molecule has 0 radical (unpaired) electrons. The van der Waals surface area contributed by atoms with Gasteiger partial charge in [0.1, 0.15) is 5.78 Å². The molecule has 19 heavy (non-hydrogen) atoms. The lowest BCUT2D eigenvalue weighted by molar-refractivity contribution is -0.386. The van der Waals surface area contributed by atoms with Gasteiger partial charge in [-0.25, -0.2) is 0 Å². The van der Waals surface area contributed by atoms with Crippen LogP contribution in [0.2, 0.25) is 0 Å². The Morgan fingerprint density at radius 1 is 1.37 bits per heavy atom. The molecule has 6 heteroatoms. The van der Waals surface area contributed by atoms with E-state index in [2.05, 4.69) is 15.9 Å². The molecule has 1 saturated carbocycles. The van der Waals surface area contributed by atoms with E-state index in [0.717, 1.165) is 0 Å². The van der Waals surface area contributed by atoms with E-state index in [1.807, 2.05) is 0 Å². The Morgan fingerprint density at radius 3 is 2.68 bits per heavy atom. The lowest BCUT2D eigenvalue weighted by Gasteiger charge is -2.21. The van der Waals surface area contributed by atoms with Gasteiger partial charge < -0.3 is 4.74 Å². The summed E-state index contributed by atoms with van der Waals surface area (Å²) in [6.45, 7) is 0.211. The number of hydrogen-bond donors (Lipinski definition) is 0. The van der Waals surface area contributed by atoms with E-state index in [1.54, 1.807) is 12.1 Å². The molecule has 1 aromatic carbocycles. The Morgan fingerprint density at radius 2 is 2.05 bits per heavy atom. The van der Waals surface area contributed by atoms with Gasteiger partial charge in [0.2, 0.25) is 0 Å². The van der Waals surface area contributed by atoms with E-state index in [-0.39, 0.29) is 24.2 Å². The van der Waals surface area contributed by atoms with Crippen molar-refractivity contribution in [2.75, 3.05) is 0 Å². The van der Waals surface area contributed by atoms with Gasteiger partial charge in [0, 0.05) is 23.4 Å². The smallest absolute Gasteiger partial charge is 0.276 e. The molecule has 1 aliphatic rings. The summed E-state index contributed by atoms with van der Waals surface area (Å²) in [4.78, 5) is 21.7. The summed E-state index contributed by atoms with van der Waals surface area (Å²) in [6.07, 6.45) is 2.55. The molecule has 0 spiro atoms. The first-order chi connectivity index (χ1) is 9.06. The van der Waals surface area contributed by atoms with E-state index in [9.17, 15) is 14.9 Å². The fourth-order valence-corrected chi connectivity index (χ4v) is 2.47. The maximum Gasteiger partial charge on any atom is 0.276 e. The highest BCUT2D eigenvalue weighted by Crippen LogP contribution is 2.26. The molecule has 0 heterocycles. The van der Waals surface area contributed by atoms with E-state index in [0.29, 0.717) is 35.7 Å². The fourth-order valence-electron chi connectivity index (χ4n) is 2.12. The summed E-state index contributed by atoms with van der Waals surface area (Å²) in [6, 6.07) is 4.93. The van der Waals surface area contributed by atoms with Crippen molar-refractivity contribution < 1.29 is 14.5 Å². The minimum absolute atomic E-state index is 0.0287. The first-order valence-electron chi connectivity index (χ1n) is 6.12. The minimum Gasteiger partial charge on any atom is -0.373 e. The normalized spacial score (nSPS) is 16.6. The second-order valence-electron chi connectivity index (χ2n) is 4.58. The van der Waals surface area contributed by atoms with Crippen LogP contribution in [0.3, 0.4) is 0 Å². The van der Waals surface area contributed by atoms with Crippen molar-refractivity contribution in [2.45, 2.75) is 38.4 Å². The number of carbonyl (C=O) groups excluding carboxylic acids is 1. The molecule has 2 rings (SSSR count). The van der Waals surface area contributed by atoms with Crippen LogP contribution in [0.5, 0.6) is 0 Å². The number of benzene rings is 1. The third-order valence-corrected chi connectivity index (χ3v) is 3.70. The van der Waals surface area contributed by atoms with Crippen molar-refractivity contribution in [2.24, 2.45) is 0 Å². The Hall–Kier alpha value is -1.27. The van der Waals surface area contributed by atoms with Crippen LogP contribution in [0.4, 0.5) is 5.69 Å². The van der Waals surface area contributed by atoms with Crippen LogP contribution >= 0.6 is 15.9 Å². The van der Waals surface area contributed by atoms with Gasteiger partial charge in [-0.2, -0.15) is 0 Å². The number of nitrogens with zero attached hydrogens (tertiary/aromatic N) is 1. The summed E-state index contributed by atoms with van der Waals surface area (Å²) >= 11 is 3.22. The van der Waals surface area contributed by atoms with Crippen LogP contribution in [-0.2, 0) is 16.1 Å². The zero-order valence-corrected chi connectivity index (χ0v) is 11.9. The van der Waals surface area contributed by atoms with Gasteiger partial charge in [-0.05, 0) is 25.0 Å². The number of carbonyl (C=O) groups is 1. The average molecular weight is 328 g/mol. The number of ketones is 1. The first-order valence-corrected chi connectivity index (χ1v) is 6.91. The van der Waals surface area contributed by atoms with Gasteiger partial charge in [0.15, 0.2) is 0 Å². The summed E-state index contributed by atoms with van der Waals surface area (Å²) in [5, 5.41) is 11.0. The number of halogens is 1. The van der Waals surface area contributed by atoms with Crippen LogP contribution < -0.4 is 0 Å². The van der Waals surface area contributed by atoms with E-state index in [4.69, 9.17) is 4.74 Å². The second kappa shape index (κ2) is 6.25. The Bertz CT molecular complexity index is 493. The average Bonchev–Trinajstić information content (AvgIpc) is 2.39. The van der Waals surface area contributed by atoms with E-state index < -0.39 is 4.92 Å². The van der Waals surface area contributed by atoms with E-state index in [1.165, 1.54) is 6.07 Å². The quantitative estimate of drug-likeness (QED) is 0.627. The van der Waals surface area contributed by atoms with Crippen molar-refractivity contribution in [3.05, 3.63) is 38.3 Å². The molecule has 1 fully saturated rings. The van der Waals surface area contributed by atoms with Crippen molar-refractivity contribution in [3.63, 3.8) is 0 Å². The lowest BCUT2D eigenvalue weighted by Crippen LogP contribution is -2.21. The predicted octanol–water partition coefficient (Wildman–Crippen LogP) is 3.39. The van der Waals surface area contributed by atoms with Gasteiger partial charge in [0.25, 0.3) is 5.69 Å². The highest BCUT2D eigenvalue weighted by molar-refractivity contribution is 9.10. The van der Waals surface area contributed by atoms with Gasteiger partial charge >= 0.3 is 0 Å². The molecule has 1 aliphatic carbocycles. The molecule has 1 aromatic rings. The highest BCUT2D eigenvalue weighted by Gasteiger charge is 2.21. The molecular weight excluding hydrogens is 314 g/mol.